The maximum atomic E-state index is 12.6. The number of benzene rings is 2. The lowest BCUT2D eigenvalue weighted by molar-refractivity contribution is -0.139. The molecule has 0 bridgehead atoms. The molecule has 33 heavy (non-hydrogen) atoms. The van der Waals surface area contributed by atoms with E-state index in [1.807, 2.05) is 66.2 Å². The molecule has 1 heterocycles. The van der Waals surface area contributed by atoms with Crippen LogP contribution in [-0.4, -0.2) is 35.7 Å². The first-order valence-corrected chi connectivity index (χ1v) is 11.5. The van der Waals surface area contributed by atoms with Gasteiger partial charge in [-0.15, -0.1) is 0 Å². The maximum absolute atomic E-state index is 12.6. The van der Waals surface area contributed by atoms with Crippen LogP contribution in [0.1, 0.15) is 34.6 Å². The Hall–Kier alpha value is -3.65. The summed E-state index contributed by atoms with van der Waals surface area (Å²) in [5.74, 6) is -1.89. The normalized spacial score (nSPS) is 13.0. The van der Waals surface area contributed by atoms with Crippen molar-refractivity contribution in [3.63, 3.8) is 0 Å². The molecule has 0 saturated carbocycles. The number of rotatable bonds is 8. The summed E-state index contributed by atoms with van der Waals surface area (Å²) < 4.78 is 5.45. The van der Waals surface area contributed by atoms with Gasteiger partial charge < -0.3 is 20.5 Å². The topological polar surface area (TPSA) is 105 Å². The van der Waals surface area contributed by atoms with Gasteiger partial charge in [-0.3, -0.25) is 9.59 Å². The Morgan fingerprint density at radius 2 is 1.67 bits per heavy atom. The van der Waals surface area contributed by atoms with E-state index >= 15 is 0 Å². The fraction of sp³-hybridized carbons (Fsp3) is 0.240. The number of hydrogen-bond donors (Lipinski definition) is 3. The van der Waals surface area contributed by atoms with Crippen molar-refractivity contribution in [3.8, 4) is 11.1 Å². The molecule has 1 aliphatic carbocycles. The Kier molecular flexibility index (Phi) is 6.74. The number of amides is 2. The summed E-state index contributed by atoms with van der Waals surface area (Å²) in [6, 6.07) is 14.7. The lowest BCUT2D eigenvalue weighted by Gasteiger charge is -2.18. The number of thiophene rings is 1. The van der Waals surface area contributed by atoms with Crippen LogP contribution < -0.4 is 10.6 Å². The highest BCUT2D eigenvalue weighted by Gasteiger charge is 2.30. The number of ether oxygens (including phenoxy) is 1. The number of aryl methyl sites for hydroxylation is 1. The number of carbonyl (C=O) groups is 3. The predicted octanol–water partition coefficient (Wildman–Crippen LogP) is 4.05. The molecule has 0 aliphatic heterocycles. The average molecular weight is 465 g/mol. The van der Waals surface area contributed by atoms with Crippen molar-refractivity contribution in [3.05, 3.63) is 81.5 Å². The van der Waals surface area contributed by atoms with E-state index < -0.39 is 30.4 Å². The van der Waals surface area contributed by atoms with E-state index in [1.165, 1.54) is 11.3 Å². The summed E-state index contributed by atoms with van der Waals surface area (Å²) in [5, 5.41) is 18.2. The lowest BCUT2D eigenvalue weighted by atomic mass is 9.98. The SMILES string of the molecule is Cc1cscc1CNC(=O)C(CC(=O)O)NC(=O)OCC1c2ccccc2-c2ccccc21. The van der Waals surface area contributed by atoms with Crippen LogP contribution in [0.25, 0.3) is 11.1 Å². The second kappa shape index (κ2) is 9.87. The minimum atomic E-state index is -1.24. The van der Waals surface area contributed by atoms with Gasteiger partial charge in [0.2, 0.25) is 5.91 Å². The van der Waals surface area contributed by atoms with Crippen LogP contribution in [0.2, 0.25) is 0 Å². The molecule has 8 heteroatoms. The summed E-state index contributed by atoms with van der Waals surface area (Å²) in [4.78, 5) is 36.3. The molecule has 1 unspecified atom stereocenters. The molecule has 1 atom stereocenters. The van der Waals surface area contributed by atoms with Crippen LogP contribution >= 0.6 is 11.3 Å². The Bertz CT molecular complexity index is 1140. The van der Waals surface area contributed by atoms with E-state index in [0.717, 1.165) is 33.4 Å². The summed E-state index contributed by atoms with van der Waals surface area (Å²) in [6.07, 6.45) is -1.37. The first-order valence-electron chi connectivity index (χ1n) is 10.6. The number of carboxylic acid groups (broad SMARTS) is 1. The molecule has 0 fully saturated rings. The number of aliphatic carboxylic acids is 1. The fourth-order valence-corrected chi connectivity index (χ4v) is 4.90. The Balaban J connectivity index is 1.39. The third kappa shape index (κ3) is 5.06. The highest BCUT2D eigenvalue weighted by Crippen LogP contribution is 2.44. The van der Waals surface area contributed by atoms with Gasteiger partial charge in [-0.25, -0.2) is 4.79 Å². The van der Waals surface area contributed by atoms with Crippen LogP contribution in [0.15, 0.2) is 59.3 Å². The van der Waals surface area contributed by atoms with Crippen molar-refractivity contribution in [2.24, 2.45) is 0 Å². The van der Waals surface area contributed by atoms with E-state index in [-0.39, 0.29) is 19.1 Å². The van der Waals surface area contributed by atoms with Crippen molar-refractivity contribution in [2.75, 3.05) is 6.61 Å². The van der Waals surface area contributed by atoms with Crippen LogP contribution in [-0.2, 0) is 20.9 Å². The van der Waals surface area contributed by atoms with Crippen LogP contribution in [0.5, 0.6) is 0 Å². The molecule has 3 N–H and O–H groups in total. The number of fused-ring (bicyclic) bond motifs is 3. The van der Waals surface area contributed by atoms with E-state index in [1.54, 1.807) is 0 Å². The molecule has 1 aliphatic rings. The molecule has 1 aromatic heterocycles. The Labute approximate surface area is 195 Å². The molecule has 2 amide bonds. The minimum Gasteiger partial charge on any atom is -0.481 e. The zero-order chi connectivity index (χ0) is 23.4. The number of hydrogen-bond acceptors (Lipinski definition) is 5. The van der Waals surface area contributed by atoms with E-state index in [0.29, 0.717) is 0 Å². The Morgan fingerprint density at radius 1 is 1.03 bits per heavy atom. The molecule has 0 spiro atoms. The van der Waals surface area contributed by atoms with Crippen molar-refractivity contribution in [2.45, 2.75) is 31.8 Å². The van der Waals surface area contributed by atoms with Crippen LogP contribution in [0.3, 0.4) is 0 Å². The summed E-state index contributed by atoms with van der Waals surface area (Å²) in [7, 11) is 0. The standard InChI is InChI=1S/C25H24N2O5S/c1-15-13-33-14-16(15)11-26-24(30)22(10-23(28)29)27-25(31)32-12-21-19-8-4-2-6-17(19)18-7-3-5-9-20(18)21/h2-9,13-14,21-22H,10-12H2,1H3,(H,26,30)(H,27,31)(H,28,29). The molecule has 0 radical (unpaired) electrons. The van der Waals surface area contributed by atoms with Crippen molar-refractivity contribution in [1.29, 1.82) is 0 Å². The lowest BCUT2D eigenvalue weighted by Crippen LogP contribution is -2.48. The molecule has 0 saturated heterocycles. The van der Waals surface area contributed by atoms with Crippen molar-refractivity contribution >= 4 is 29.3 Å². The highest BCUT2D eigenvalue weighted by atomic mass is 32.1. The second-order valence-electron chi connectivity index (χ2n) is 7.92. The van der Waals surface area contributed by atoms with Crippen molar-refractivity contribution < 1.29 is 24.2 Å². The van der Waals surface area contributed by atoms with Gasteiger partial charge in [0, 0.05) is 12.5 Å². The minimum absolute atomic E-state index is 0.0787. The molecule has 3 aromatic rings. The summed E-state index contributed by atoms with van der Waals surface area (Å²) in [6.45, 7) is 2.27. The third-order valence-electron chi connectivity index (χ3n) is 5.75. The van der Waals surface area contributed by atoms with E-state index in [9.17, 15) is 19.5 Å². The molecule has 2 aromatic carbocycles. The first-order chi connectivity index (χ1) is 15.9. The fourth-order valence-electron chi connectivity index (χ4n) is 4.04. The van der Waals surface area contributed by atoms with Crippen LogP contribution in [0, 0.1) is 6.92 Å². The van der Waals surface area contributed by atoms with Crippen molar-refractivity contribution in [1.82, 2.24) is 10.6 Å². The van der Waals surface area contributed by atoms with Gasteiger partial charge in [0.05, 0.1) is 6.42 Å². The zero-order valence-electron chi connectivity index (χ0n) is 18.0. The average Bonchev–Trinajstić information content (AvgIpc) is 3.36. The monoisotopic (exact) mass is 464 g/mol. The van der Waals surface area contributed by atoms with Gasteiger partial charge in [-0.1, -0.05) is 48.5 Å². The molecular weight excluding hydrogens is 440 g/mol. The van der Waals surface area contributed by atoms with Gasteiger partial charge in [0.1, 0.15) is 12.6 Å². The first kappa shape index (κ1) is 22.5. The zero-order valence-corrected chi connectivity index (χ0v) is 18.9. The number of nitrogens with one attached hydrogen (secondary N) is 2. The smallest absolute Gasteiger partial charge is 0.407 e. The summed E-state index contributed by atoms with van der Waals surface area (Å²) >= 11 is 1.52. The van der Waals surface area contributed by atoms with Crippen LogP contribution in [0.4, 0.5) is 4.79 Å². The predicted molar refractivity (Wildman–Crippen MR) is 125 cm³/mol. The van der Waals surface area contributed by atoms with Gasteiger partial charge in [-0.2, -0.15) is 11.3 Å². The summed E-state index contributed by atoms with van der Waals surface area (Å²) in [5.41, 5.74) is 6.33. The van der Waals surface area contributed by atoms with Gasteiger partial charge in [-0.05, 0) is 51.1 Å². The van der Waals surface area contributed by atoms with E-state index in [2.05, 4.69) is 10.6 Å². The molecule has 7 nitrogen and oxygen atoms in total. The van der Waals surface area contributed by atoms with Gasteiger partial charge >= 0.3 is 12.1 Å². The second-order valence-corrected chi connectivity index (χ2v) is 8.66. The number of alkyl carbamates (subject to hydrolysis) is 1. The van der Waals surface area contributed by atoms with Gasteiger partial charge in [0.25, 0.3) is 0 Å². The molecule has 4 rings (SSSR count). The largest absolute Gasteiger partial charge is 0.481 e. The van der Waals surface area contributed by atoms with Gasteiger partial charge in [0.15, 0.2) is 0 Å². The number of carbonyl (C=O) groups excluding carboxylic acids is 2. The van der Waals surface area contributed by atoms with E-state index in [4.69, 9.17) is 4.74 Å². The third-order valence-corrected chi connectivity index (χ3v) is 6.66. The number of carboxylic acids is 1. The highest BCUT2D eigenvalue weighted by molar-refractivity contribution is 7.08. The molecule has 170 valence electrons. The molecular formula is C25H24N2O5S. The maximum Gasteiger partial charge on any atom is 0.407 e. The quantitative estimate of drug-likeness (QED) is 0.466. The Morgan fingerprint density at radius 3 is 2.24 bits per heavy atom.